The minimum atomic E-state index is -0.113. The molecule has 1 saturated heterocycles. The van der Waals surface area contributed by atoms with Gasteiger partial charge in [-0.05, 0) is 12.1 Å². The van der Waals surface area contributed by atoms with E-state index in [2.05, 4.69) is 25.8 Å². The lowest BCUT2D eigenvalue weighted by Crippen LogP contribution is -2.46. The van der Waals surface area contributed by atoms with Crippen molar-refractivity contribution in [2.45, 2.75) is 6.54 Å². The SMILES string of the molecule is CN=C(NCCN1CCOCC1)NCC(=O)NCc1ccco1. The molecule has 0 radical (unpaired) electrons. The molecular formula is C15H25N5O3. The fourth-order valence-corrected chi connectivity index (χ4v) is 2.20. The van der Waals surface area contributed by atoms with Crippen molar-refractivity contribution in [3.63, 3.8) is 0 Å². The molecule has 8 heteroatoms. The molecule has 2 rings (SSSR count). The zero-order chi connectivity index (χ0) is 16.3. The summed E-state index contributed by atoms with van der Waals surface area (Å²) in [4.78, 5) is 18.2. The minimum absolute atomic E-state index is 0.113. The summed E-state index contributed by atoms with van der Waals surface area (Å²) in [6.07, 6.45) is 1.58. The molecule has 2 heterocycles. The second-order valence-corrected chi connectivity index (χ2v) is 5.16. The van der Waals surface area contributed by atoms with E-state index in [4.69, 9.17) is 9.15 Å². The van der Waals surface area contributed by atoms with Crippen LogP contribution in [0.4, 0.5) is 0 Å². The number of carbonyl (C=O) groups excluding carboxylic acids is 1. The third kappa shape index (κ3) is 6.70. The van der Waals surface area contributed by atoms with Gasteiger partial charge in [-0.2, -0.15) is 0 Å². The predicted octanol–water partition coefficient (Wildman–Crippen LogP) is -0.607. The fourth-order valence-electron chi connectivity index (χ4n) is 2.20. The van der Waals surface area contributed by atoms with Crippen LogP contribution in [-0.4, -0.2) is 69.8 Å². The molecule has 0 aromatic carbocycles. The highest BCUT2D eigenvalue weighted by Crippen LogP contribution is 1.98. The summed E-state index contributed by atoms with van der Waals surface area (Å²) in [5.41, 5.74) is 0. The van der Waals surface area contributed by atoms with Gasteiger partial charge in [0.05, 0.1) is 32.6 Å². The molecule has 3 N–H and O–H groups in total. The van der Waals surface area contributed by atoms with E-state index in [9.17, 15) is 4.79 Å². The first-order valence-electron chi connectivity index (χ1n) is 7.81. The maximum Gasteiger partial charge on any atom is 0.239 e. The Morgan fingerprint density at radius 2 is 2.13 bits per heavy atom. The van der Waals surface area contributed by atoms with Crippen molar-refractivity contribution in [2.75, 3.05) is 53.0 Å². The summed E-state index contributed by atoms with van der Waals surface area (Å²) in [6.45, 7) is 5.76. The summed E-state index contributed by atoms with van der Waals surface area (Å²) >= 11 is 0. The summed E-state index contributed by atoms with van der Waals surface area (Å²) in [5, 5.41) is 8.96. The van der Waals surface area contributed by atoms with Gasteiger partial charge in [-0.15, -0.1) is 0 Å². The molecule has 1 fully saturated rings. The Hall–Kier alpha value is -2.06. The number of aliphatic imine (C=N–C) groups is 1. The van der Waals surface area contributed by atoms with E-state index in [1.165, 1.54) is 0 Å². The van der Waals surface area contributed by atoms with E-state index in [-0.39, 0.29) is 12.5 Å². The van der Waals surface area contributed by atoms with Crippen LogP contribution in [0.2, 0.25) is 0 Å². The van der Waals surface area contributed by atoms with Gasteiger partial charge in [0.15, 0.2) is 5.96 Å². The van der Waals surface area contributed by atoms with Crippen LogP contribution < -0.4 is 16.0 Å². The van der Waals surface area contributed by atoms with Gasteiger partial charge in [-0.25, -0.2) is 0 Å². The number of nitrogens with one attached hydrogen (secondary N) is 3. The largest absolute Gasteiger partial charge is 0.467 e. The zero-order valence-electron chi connectivity index (χ0n) is 13.5. The molecule has 1 aliphatic heterocycles. The molecule has 23 heavy (non-hydrogen) atoms. The molecule has 0 atom stereocenters. The highest BCUT2D eigenvalue weighted by Gasteiger charge is 2.10. The molecule has 0 unspecified atom stereocenters. The molecule has 0 bridgehead atoms. The van der Waals surface area contributed by atoms with Crippen LogP contribution in [0, 0.1) is 0 Å². The number of carbonyl (C=O) groups is 1. The lowest BCUT2D eigenvalue weighted by Gasteiger charge is -2.26. The van der Waals surface area contributed by atoms with E-state index >= 15 is 0 Å². The van der Waals surface area contributed by atoms with Crippen LogP contribution in [0.1, 0.15) is 5.76 Å². The van der Waals surface area contributed by atoms with Gasteiger partial charge in [0.1, 0.15) is 5.76 Å². The first-order chi connectivity index (χ1) is 11.3. The molecular weight excluding hydrogens is 298 g/mol. The van der Waals surface area contributed by atoms with Crippen molar-refractivity contribution < 1.29 is 13.9 Å². The van der Waals surface area contributed by atoms with E-state index in [1.54, 1.807) is 19.4 Å². The Bertz CT molecular complexity index is 483. The maximum absolute atomic E-state index is 11.8. The number of amides is 1. The topological polar surface area (TPSA) is 91.1 Å². The van der Waals surface area contributed by atoms with E-state index in [0.29, 0.717) is 12.5 Å². The number of nitrogens with zero attached hydrogens (tertiary/aromatic N) is 2. The van der Waals surface area contributed by atoms with E-state index in [1.807, 2.05) is 6.07 Å². The molecule has 1 aromatic heterocycles. The third-order valence-electron chi connectivity index (χ3n) is 3.50. The van der Waals surface area contributed by atoms with Gasteiger partial charge < -0.3 is 25.1 Å². The van der Waals surface area contributed by atoms with Crippen LogP contribution in [0.15, 0.2) is 27.8 Å². The van der Waals surface area contributed by atoms with E-state index in [0.717, 1.165) is 45.2 Å². The number of morpholine rings is 1. The van der Waals surface area contributed by atoms with Gasteiger partial charge in [0.25, 0.3) is 0 Å². The standard InChI is InChI=1S/C15H25N5O3/c1-16-15(17-4-5-20-6-9-22-10-7-20)19-12-14(21)18-11-13-3-2-8-23-13/h2-3,8H,4-7,9-12H2,1H3,(H,18,21)(H2,16,17,19). The highest BCUT2D eigenvalue weighted by molar-refractivity contribution is 5.86. The van der Waals surface area contributed by atoms with Gasteiger partial charge in [0, 0.05) is 33.2 Å². The van der Waals surface area contributed by atoms with Gasteiger partial charge in [0.2, 0.25) is 5.91 Å². The van der Waals surface area contributed by atoms with Gasteiger partial charge in [-0.1, -0.05) is 0 Å². The second kappa shape index (κ2) is 9.86. The maximum atomic E-state index is 11.8. The van der Waals surface area contributed by atoms with Crippen molar-refractivity contribution in [1.82, 2.24) is 20.9 Å². The summed E-state index contributed by atoms with van der Waals surface area (Å²) in [5.74, 6) is 1.23. The van der Waals surface area contributed by atoms with Crippen LogP contribution in [-0.2, 0) is 16.1 Å². The van der Waals surface area contributed by atoms with Crippen LogP contribution >= 0.6 is 0 Å². The molecule has 0 spiro atoms. The van der Waals surface area contributed by atoms with Crippen molar-refractivity contribution in [2.24, 2.45) is 4.99 Å². The summed E-state index contributed by atoms with van der Waals surface area (Å²) in [6, 6.07) is 3.61. The summed E-state index contributed by atoms with van der Waals surface area (Å²) < 4.78 is 10.5. The van der Waals surface area contributed by atoms with E-state index < -0.39 is 0 Å². The third-order valence-corrected chi connectivity index (χ3v) is 3.50. The lowest BCUT2D eigenvalue weighted by atomic mass is 10.4. The Morgan fingerprint density at radius 3 is 2.83 bits per heavy atom. The lowest BCUT2D eigenvalue weighted by molar-refractivity contribution is -0.120. The highest BCUT2D eigenvalue weighted by atomic mass is 16.5. The molecule has 0 aliphatic carbocycles. The van der Waals surface area contributed by atoms with Gasteiger partial charge >= 0.3 is 0 Å². The Labute approximate surface area is 136 Å². The molecule has 8 nitrogen and oxygen atoms in total. The number of hydrogen-bond acceptors (Lipinski definition) is 5. The second-order valence-electron chi connectivity index (χ2n) is 5.16. The quantitative estimate of drug-likeness (QED) is 0.458. The Kier molecular flexibility index (Phi) is 7.41. The van der Waals surface area contributed by atoms with Crippen LogP contribution in [0.5, 0.6) is 0 Å². The number of hydrogen-bond donors (Lipinski definition) is 3. The molecule has 1 aromatic rings. The first kappa shape index (κ1) is 17.3. The molecule has 128 valence electrons. The monoisotopic (exact) mass is 323 g/mol. The first-order valence-corrected chi connectivity index (χ1v) is 7.81. The number of guanidine groups is 1. The zero-order valence-corrected chi connectivity index (χ0v) is 13.5. The fraction of sp³-hybridized carbons (Fsp3) is 0.600. The average Bonchev–Trinajstić information content (AvgIpc) is 3.10. The van der Waals surface area contributed by atoms with Gasteiger partial charge in [-0.3, -0.25) is 14.7 Å². The Balaban J connectivity index is 1.57. The molecule has 1 aliphatic rings. The summed E-state index contributed by atoms with van der Waals surface area (Å²) in [7, 11) is 1.69. The number of furan rings is 1. The normalized spacial score (nSPS) is 16.1. The van der Waals surface area contributed by atoms with Crippen LogP contribution in [0.25, 0.3) is 0 Å². The minimum Gasteiger partial charge on any atom is -0.467 e. The average molecular weight is 323 g/mol. The Morgan fingerprint density at radius 1 is 1.30 bits per heavy atom. The van der Waals surface area contributed by atoms with Crippen molar-refractivity contribution in [3.8, 4) is 0 Å². The smallest absolute Gasteiger partial charge is 0.239 e. The number of rotatable bonds is 7. The van der Waals surface area contributed by atoms with Crippen LogP contribution in [0.3, 0.4) is 0 Å². The van der Waals surface area contributed by atoms with Crippen molar-refractivity contribution in [3.05, 3.63) is 24.2 Å². The van der Waals surface area contributed by atoms with Crippen molar-refractivity contribution in [1.29, 1.82) is 0 Å². The molecule has 0 saturated carbocycles. The molecule has 1 amide bonds. The predicted molar refractivity (Wildman–Crippen MR) is 87.2 cm³/mol. The van der Waals surface area contributed by atoms with Crippen molar-refractivity contribution >= 4 is 11.9 Å². The number of ether oxygens (including phenoxy) is 1.